The van der Waals surface area contributed by atoms with Gasteiger partial charge in [-0.3, -0.25) is 4.79 Å². The molecular weight excluding hydrogens is 252 g/mol. The van der Waals surface area contributed by atoms with E-state index in [1.54, 1.807) is 0 Å². The Morgan fingerprint density at radius 2 is 2.05 bits per heavy atom. The van der Waals surface area contributed by atoms with Gasteiger partial charge in [0.15, 0.2) is 0 Å². The van der Waals surface area contributed by atoms with Crippen molar-refractivity contribution in [2.24, 2.45) is 17.6 Å². The maximum absolute atomic E-state index is 12.2. The monoisotopic (exact) mass is 274 g/mol. The van der Waals surface area contributed by atoms with Crippen molar-refractivity contribution in [2.75, 3.05) is 31.1 Å². The van der Waals surface area contributed by atoms with E-state index < -0.39 is 0 Å². The van der Waals surface area contributed by atoms with Gasteiger partial charge in [-0.2, -0.15) is 0 Å². The number of nitrogens with zero attached hydrogens (tertiary/aromatic N) is 3. The molecule has 2 heterocycles. The number of pyridine rings is 1. The molecule has 1 aromatic heterocycles. The molecule has 1 aliphatic carbocycles. The maximum atomic E-state index is 12.2. The normalized spacial score (nSPS) is 25.7. The first-order chi connectivity index (χ1) is 9.69. The predicted molar refractivity (Wildman–Crippen MR) is 78.2 cm³/mol. The van der Waals surface area contributed by atoms with Crippen LogP contribution in [0, 0.1) is 11.8 Å². The van der Waals surface area contributed by atoms with Crippen molar-refractivity contribution in [3.05, 3.63) is 23.9 Å². The van der Waals surface area contributed by atoms with Crippen molar-refractivity contribution in [1.29, 1.82) is 0 Å². The molecule has 2 aliphatic rings. The standard InChI is InChI=1S/C15H22N4O/c1-11-8-13(11)15(20)19-6-4-18(5-7-19)14-3-2-12(9-16)10-17-14/h2-3,10-11,13H,4-9,16H2,1H3. The van der Waals surface area contributed by atoms with Crippen molar-refractivity contribution in [2.45, 2.75) is 19.9 Å². The molecule has 0 aromatic carbocycles. The largest absolute Gasteiger partial charge is 0.353 e. The molecule has 1 saturated carbocycles. The highest BCUT2D eigenvalue weighted by Crippen LogP contribution is 2.39. The van der Waals surface area contributed by atoms with Crippen LogP contribution in [-0.4, -0.2) is 42.0 Å². The highest BCUT2D eigenvalue weighted by Gasteiger charge is 2.41. The molecule has 1 saturated heterocycles. The highest BCUT2D eigenvalue weighted by molar-refractivity contribution is 5.81. The van der Waals surface area contributed by atoms with E-state index in [1.807, 2.05) is 23.2 Å². The number of amides is 1. The third kappa shape index (κ3) is 2.63. The molecule has 2 unspecified atom stereocenters. The van der Waals surface area contributed by atoms with Crippen LogP contribution in [0.5, 0.6) is 0 Å². The van der Waals surface area contributed by atoms with E-state index in [0.29, 0.717) is 24.3 Å². The predicted octanol–water partition coefficient (Wildman–Crippen LogP) is 0.845. The van der Waals surface area contributed by atoms with Gasteiger partial charge in [0.2, 0.25) is 5.91 Å². The summed E-state index contributed by atoms with van der Waals surface area (Å²) in [5.41, 5.74) is 6.62. The second kappa shape index (κ2) is 5.40. The third-order valence-corrected chi connectivity index (χ3v) is 4.39. The Balaban J connectivity index is 1.56. The summed E-state index contributed by atoms with van der Waals surface area (Å²) in [5, 5.41) is 0. The number of anilines is 1. The zero-order chi connectivity index (χ0) is 14.1. The molecule has 3 rings (SSSR count). The maximum Gasteiger partial charge on any atom is 0.226 e. The summed E-state index contributed by atoms with van der Waals surface area (Å²) in [6, 6.07) is 4.04. The van der Waals surface area contributed by atoms with Crippen molar-refractivity contribution in [3.8, 4) is 0 Å². The number of aromatic nitrogens is 1. The summed E-state index contributed by atoms with van der Waals surface area (Å²) in [7, 11) is 0. The van der Waals surface area contributed by atoms with E-state index in [-0.39, 0.29) is 0 Å². The summed E-state index contributed by atoms with van der Waals surface area (Å²) < 4.78 is 0. The molecule has 1 amide bonds. The minimum Gasteiger partial charge on any atom is -0.353 e. The fourth-order valence-corrected chi connectivity index (χ4v) is 2.78. The molecule has 0 spiro atoms. The second-order valence-corrected chi connectivity index (χ2v) is 5.86. The van der Waals surface area contributed by atoms with Crippen LogP contribution in [0.3, 0.4) is 0 Å². The van der Waals surface area contributed by atoms with Gasteiger partial charge in [-0.05, 0) is 24.0 Å². The molecule has 108 valence electrons. The van der Waals surface area contributed by atoms with Crippen LogP contribution in [0.25, 0.3) is 0 Å². The summed E-state index contributed by atoms with van der Waals surface area (Å²) in [5.74, 6) is 2.21. The second-order valence-electron chi connectivity index (χ2n) is 5.86. The first-order valence-corrected chi connectivity index (χ1v) is 7.38. The van der Waals surface area contributed by atoms with Gasteiger partial charge < -0.3 is 15.5 Å². The van der Waals surface area contributed by atoms with Crippen LogP contribution in [0.1, 0.15) is 18.9 Å². The van der Waals surface area contributed by atoms with Gasteiger partial charge in [0, 0.05) is 44.8 Å². The molecule has 2 fully saturated rings. The Morgan fingerprint density at radius 3 is 2.55 bits per heavy atom. The lowest BCUT2D eigenvalue weighted by atomic mass is 10.2. The first-order valence-electron chi connectivity index (χ1n) is 7.38. The van der Waals surface area contributed by atoms with Crippen molar-refractivity contribution < 1.29 is 4.79 Å². The van der Waals surface area contributed by atoms with Crippen LogP contribution in [0.2, 0.25) is 0 Å². The molecule has 1 aliphatic heterocycles. The Kier molecular flexibility index (Phi) is 3.61. The topological polar surface area (TPSA) is 62.5 Å². The van der Waals surface area contributed by atoms with Crippen LogP contribution in [0.15, 0.2) is 18.3 Å². The van der Waals surface area contributed by atoms with Crippen LogP contribution in [0.4, 0.5) is 5.82 Å². The van der Waals surface area contributed by atoms with Gasteiger partial charge >= 0.3 is 0 Å². The molecule has 5 heteroatoms. The average Bonchev–Trinajstić information content (AvgIpc) is 3.24. The Bertz CT molecular complexity index is 479. The van der Waals surface area contributed by atoms with Crippen molar-refractivity contribution in [3.63, 3.8) is 0 Å². The number of carbonyl (C=O) groups excluding carboxylic acids is 1. The van der Waals surface area contributed by atoms with E-state index >= 15 is 0 Å². The number of hydrogen-bond donors (Lipinski definition) is 1. The number of nitrogens with two attached hydrogens (primary N) is 1. The van der Waals surface area contributed by atoms with E-state index in [2.05, 4.69) is 16.8 Å². The number of piperazine rings is 1. The van der Waals surface area contributed by atoms with Gasteiger partial charge in [0.25, 0.3) is 0 Å². The number of rotatable bonds is 3. The van der Waals surface area contributed by atoms with E-state index in [0.717, 1.165) is 44.0 Å². The zero-order valence-corrected chi connectivity index (χ0v) is 12.0. The molecule has 20 heavy (non-hydrogen) atoms. The molecular formula is C15H22N4O. The van der Waals surface area contributed by atoms with E-state index in [9.17, 15) is 4.79 Å². The molecule has 0 bridgehead atoms. The average molecular weight is 274 g/mol. The number of hydrogen-bond acceptors (Lipinski definition) is 4. The van der Waals surface area contributed by atoms with E-state index in [1.165, 1.54) is 0 Å². The lowest BCUT2D eigenvalue weighted by Crippen LogP contribution is -2.49. The lowest BCUT2D eigenvalue weighted by molar-refractivity contribution is -0.133. The van der Waals surface area contributed by atoms with Crippen LogP contribution in [-0.2, 0) is 11.3 Å². The summed E-state index contributed by atoms with van der Waals surface area (Å²) in [4.78, 5) is 20.9. The Hall–Kier alpha value is -1.62. The quantitative estimate of drug-likeness (QED) is 0.887. The molecule has 5 nitrogen and oxygen atoms in total. The minimum atomic E-state index is 0.295. The molecule has 2 N–H and O–H groups in total. The SMILES string of the molecule is CC1CC1C(=O)N1CCN(c2ccc(CN)cn2)CC1. The lowest BCUT2D eigenvalue weighted by Gasteiger charge is -2.35. The fraction of sp³-hybridized carbons (Fsp3) is 0.600. The summed E-state index contributed by atoms with van der Waals surface area (Å²) in [6.45, 7) is 6.02. The van der Waals surface area contributed by atoms with Gasteiger partial charge in [0.1, 0.15) is 5.82 Å². The smallest absolute Gasteiger partial charge is 0.226 e. The zero-order valence-electron chi connectivity index (χ0n) is 12.0. The molecule has 2 atom stereocenters. The van der Waals surface area contributed by atoms with Crippen LogP contribution >= 0.6 is 0 Å². The molecule has 0 radical (unpaired) electrons. The van der Waals surface area contributed by atoms with Crippen LogP contribution < -0.4 is 10.6 Å². The van der Waals surface area contributed by atoms with Gasteiger partial charge in [-0.25, -0.2) is 4.98 Å². The number of carbonyl (C=O) groups is 1. The fourth-order valence-electron chi connectivity index (χ4n) is 2.78. The van der Waals surface area contributed by atoms with E-state index in [4.69, 9.17) is 5.73 Å². The Labute approximate surface area is 119 Å². The van der Waals surface area contributed by atoms with Gasteiger partial charge in [-0.1, -0.05) is 13.0 Å². The molecule has 1 aromatic rings. The minimum absolute atomic E-state index is 0.295. The summed E-state index contributed by atoms with van der Waals surface area (Å²) >= 11 is 0. The third-order valence-electron chi connectivity index (χ3n) is 4.39. The summed E-state index contributed by atoms with van der Waals surface area (Å²) in [6.07, 6.45) is 2.90. The van der Waals surface area contributed by atoms with Gasteiger partial charge in [0.05, 0.1) is 0 Å². The van der Waals surface area contributed by atoms with Crippen molar-refractivity contribution in [1.82, 2.24) is 9.88 Å². The Morgan fingerprint density at radius 1 is 1.35 bits per heavy atom. The van der Waals surface area contributed by atoms with Crippen molar-refractivity contribution >= 4 is 11.7 Å². The highest BCUT2D eigenvalue weighted by atomic mass is 16.2. The first kappa shape index (κ1) is 13.4. The van der Waals surface area contributed by atoms with Gasteiger partial charge in [-0.15, -0.1) is 0 Å².